The molecule has 110 valence electrons. The Morgan fingerprint density at radius 3 is 2.58 bits per heavy atom. The van der Waals surface area contributed by atoms with Gasteiger partial charge in [-0.3, -0.25) is 4.79 Å². The van der Waals surface area contributed by atoms with Crippen LogP contribution in [0.1, 0.15) is 40.0 Å². The van der Waals surface area contributed by atoms with Crippen LogP contribution in [0.2, 0.25) is 0 Å². The quantitative estimate of drug-likeness (QED) is 0.713. The van der Waals surface area contributed by atoms with Crippen molar-refractivity contribution in [2.24, 2.45) is 5.92 Å². The molecule has 3 unspecified atom stereocenters. The minimum absolute atomic E-state index is 0.0598. The minimum Gasteiger partial charge on any atom is -0.481 e. The summed E-state index contributed by atoms with van der Waals surface area (Å²) in [5.41, 5.74) is -1.42. The third kappa shape index (κ3) is 5.06. The molecule has 19 heavy (non-hydrogen) atoms. The normalized spacial score (nSPS) is 26.6. The first-order chi connectivity index (χ1) is 8.71. The number of amides is 2. The molecule has 1 saturated heterocycles. The first-order valence-electron chi connectivity index (χ1n) is 6.70. The second-order valence-electron chi connectivity index (χ2n) is 5.91. The number of nitrogens with one attached hydrogen (secondary N) is 1. The minimum atomic E-state index is -1.42. The molecule has 3 N–H and O–H groups in total. The maximum atomic E-state index is 12.0. The number of aliphatic carboxylic acids is 1. The van der Waals surface area contributed by atoms with Crippen molar-refractivity contribution in [1.82, 2.24) is 10.2 Å². The number of piperidine rings is 1. The molecule has 1 aliphatic heterocycles. The Balaban J connectivity index is 2.48. The third-order valence-electron chi connectivity index (χ3n) is 3.53. The van der Waals surface area contributed by atoms with E-state index < -0.39 is 11.6 Å². The molecule has 0 radical (unpaired) electrons. The van der Waals surface area contributed by atoms with Gasteiger partial charge in [-0.05, 0) is 32.6 Å². The van der Waals surface area contributed by atoms with E-state index in [2.05, 4.69) is 12.2 Å². The predicted octanol–water partition coefficient (Wildman–Crippen LogP) is 1.04. The van der Waals surface area contributed by atoms with Crippen molar-refractivity contribution in [1.29, 1.82) is 0 Å². The van der Waals surface area contributed by atoms with Gasteiger partial charge in [0.05, 0.1) is 12.0 Å². The number of hydrogen-bond donors (Lipinski definition) is 3. The van der Waals surface area contributed by atoms with E-state index in [0.717, 1.165) is 12.8 Å². The van der Waals surface area contributed by atoms with Crippen LogP contribution in [0.3, 0.4) is 0 Å². The van der Waals surface area contributed by atoms with Crippen LogP contribution >= 0.6 is 0 Å². The Kier molecular flexibility index (Phi) is 5.17. The summed E-state index contributed by atoms with van der Waals surface area (Å²) in [6, 6.07) is -0.0506. The molecule has 6 nitrogen and oxygen atoms in total. The van der Waals surface area contributed by atoms with Gasteiger partial charge in [0.1, 0.15) is 0 Å². The Morgan fingerprint density at radius 1 is 1.37 bits per heavy atom. The highest BCUT2D eigenvalue weighted by atomic mass is 16.4. The number of urea groups is 1. The highest BCUT2D eigenvalue weighted by molar-refractivity contribution is 5.75. The number of nitrogens with zero attached hydrogens (tertiary/aromatic N) is 1. The summed E-state index contributed by atoms with van der Waals surface area (Å²) < 4.78 is 0. The zero-order chi connectivity index (χ0) is 14.6. The molecule has 3 atom stereocenters. The van der Waals surface area contributed by atoms with Gasteiger partial charge in [0, 0.05) is 19.1 Å². The van der Waals surface area contributed by atoms with Gasteiger partial charge in [0.15, 0.2) is 0 Å². The van der Waals surface area contributed by atoms with Gasteiger partial charge >= 0.3 is 12.0 Å². The number of hydrogen-bond acceptors (Lipinski definition) is 3. The number of carboxylic acid groups (broad SMARTS) is 1. The highest BCUT2D eigenvalue weighted by Crippen LogP contribution is 2.21. The standard InChI is InChI=1S/C13H24N2O4/c1-9-4-5-10(2)15(7-9)12(18)14-8-13(3,19)6-11(16)17/h9-10,19H,4-8H2,1-3H3,(H,14,18)(H,16,17). The SMILES string of the molecule is CC1CCC(C)N(C(=O)NCC(C)(O)CC(=O)O)C1. The zero-order valence-electron chi connectivity index (χ0n) is 11.8. The lowest BCUT2D eigenvalue weighted by Gasteiger charge is -2.37. The maximum Gasteiger partial charge on any atom is 0.317 e. The van der Waals surface area contributed by atoms with Crippen LogP contribution in [0.25, 0.3) is 0 Å². The number of carbonyl (C=O) groups excluding carboxylic acids is 1. The molecule has 1 aliphatic rings. The molecule has 0 aromatic carbocycles. The highest BCUT2D eigenvalue weighted by Gasteiger charge is 2.29. The topological polar surface area (TPSA) is 89.9 Å². The zero-order valence-corrected chi connectivity index (χ0v) is 11.8. The number of aliphatic hydroxyl groups is 1. The van der Waals surface area contributed by atoms with Gasteiger partial charge in [-0.1, -0.05) is 6.92 Å². The third-order valence-corrected chi connectivity index (χ3v) is 3.53. The van der Waals surface area contributed by atoms with Gasteiger partial charge < -0.3 is 20.4 Å². The van der Waals surface area contributed by atoms with Crippen molar-refractivity contribution in [2.75, 3.05) is 13.1 Å². The second kappa shape index (κ2) is 6.23. The van der Waals surface area contributed by atoms with Crippen LogP contribution in [0.5, 0.6) is 0 Å². The van der Waals surface area contributed by atoms with Crippen LogP contribution in [0, 0.1) is 5.92 Å². The van der Waals surface area contributed by atoms with Crippen molar-refractivity contribution < 1.29 is 19.8 Å². The van der Waals surface area contributed by atoms with Gasteiger partial charge in [-0.2, -0.15) is 0 Å². The van der Waals surface area contributed by atoms with Crippen LogP contribution in [0.15, 0.2) is 0 Å². The summed E-state index contributed by atoms with van der Waals surface area (Å²) in [7, 11) is 0. The Hall–Kier alpha value is -1.30. The average Bonchev–Trinajstić information content (AvgIpc) is 2.27. The first kappa shape index (κ1) is 15.8. The maximum absolute atomic E-state index is 12.0. The molecule has 0 aromatic rings. The molecular weight excluding hydrogens is 248 g/mol. The van der Waals surface area contributed by atoms with E-state index in [1.165, 1.54) is 6.92 Å². The molecule has 0 bridgehead atoms. The van der Waals surface area contributed by atoms with Crippen molar-refractivity contribution in [3.63, 3.8) is 0 Å². The molecule has 1 heterocycles. The van der Waals surface area contributed by atoms with Gasteiger partial charge in [0.25, 0.3) is 0 Å². The lowest BCUT2D eigenvalue weighted by Crippen LogP contribution is -2.52. The van der Waals surface area contributed by atoms with Gasteiger partial charge in [-0.25, -0.2) is 4.79 Å². The Labute approximate surface area is 113 Å². The summed E-state index contributed by atoms with van der Waals surface area (Å²) in [5.74, 6) is -0.610. The molecule has 0 saturated carbocycles. The summed E-state index contributed by atoms with van der Waals surface area (Å²) in [6.07, 6.45) is 1.70. The summed E-state index contributed by atoms with van der Waals surface area (Å²) >= 11 is 0. The van der Waals surface area contributed by atoms with Crippen LogP contribution < -0.4 is 5.32 Å². The van der Waals surface area contributed by atoms with E-state index >= 15 is 0 Å². The lowest BCUT2D eigenvalue weighted by molar-refractivity contribution is -0.141. The van der Waals surface area contributed by atoms with Crippen molar-refractivity contribution in [3.05, 3.63) is 0 Å². The van der Waals surface area contributed by atoms with Crippen LogP contribution in [-0.2, 0) is 4.79 Å². The molecule has 0 aromatic heterocycles. The van der Waals surface area contributed by atoms with Crippen LogP contribution in [0.4, 0.5) is 4.79 Å². The number of carboxylic acids is 1. The number of likely N-dealkylation sites (tertiary alicyclic amines) is 1. The number of rotatable bonds is 4. The van der Waals surface area contributed by atoms with E-state index in [1.807, 2.05) is 6.92 Å². The fourth-order valence-electron chi connectivity index (χ4n) is 2.33. The van der Waals surface area contributed by atoms with Gasteiger partial charge in [0.2, 0.25) is 0 Å². The molecule has 6 heteroatoms. The van der Waals surface area contributed by atoms with Crippen molar-refractivity contribution in [2.45, 2.75) is 51.7 Å². The fraction of sp³-hybridized carbons (Fsp3) is 0.846. The largest absolute Gasteiger partial charge is 0.481 e. The Morgan fingerprint density at radius 2 is 2.00 bits per heavy atom. The Bertz CT molecular complexity index is 344. The molecule has 0 aliphatic carbocycles. The predicted molar refractivity (Wildman–Crippen MR) is 70.8 cm³/mol. The molecule has 1 rings (SSSR count). The summed E-state index contributed by atoms with van der Waals surface area (Å²) in [4.78, 5) is 24.4. The average molecular weight is 272 g/mol. The smallest absolute Gasteiger partial charge is 0.317 e. The number of carbonyl (C=O) groups is 2. The van der Waals surface area contributed by atoms with E-state index in [-0.39, 0.29) is 25.0 Å². The van der Waals surface area contributed by atoms with E-state index in [9.17, 15) is 14.7 Å². The molecule has 0 spiro atoms. The second-order valence-corrected chi connectivity index (χ2v) is 5.91. The fourth-order valence-corrected chi connectivity index (χ4v) is 2.33. The molecular formula is C13H24N2O4. The lowest BCUT2D eigenvalue weighted by atomic mass is 9.95. The molecule has 1 fully saturated rings. The van der Waals surface area contributed by atoms with Crippen molar-refractivity contribution in [3.8, 4) is 0 Å². The van der Waals surface area contributed by atoms with Gasteiger partial charge in [-0.15, -0.1) is 0 Å². The summed E-state index contributed by atoms with van der Waals surface area (Å²) in [6.45, 7) is 6.15. The first-order valence-corrected chi connectivity index (χ1v) is 6.70. The van der Waals surface area contributed by atoms with E-state index in [0.29, 0.717) is 12.5 Å². The van der Waals surface area contributed by atoms with Crippen molar-refractivity contribution >= 4 is 12.0 Å². The van der Waals surface area contributed by atoms with Crippen LogP contribution in [-0.4, -0.2) is 51.8 Å². The monoisotopic (exact) mass is 272 g/mol. The summed E-state index contributed by atoms with van der Waals surface area (Å²) in [5, 5.41) is 21.1. The van der Waals surface area contributed by atoms with E-state index in [1.54, 1.807) is 4.90 Å². The van der Waals surface area contributed by atoms with E-state index in [4.69, 9.17) is 5.11 Å². The molecule has 2 amide bonds.